The van der Waals surface area contributed by atoms with Crippen LogP contribution in [0.4, 0.5) is 30.4 Å². The van der Waals surface area contributed by atoms with E-state index in [0.29, 0.717) is 62.1 Å². The van der Waals surface area contributed by atoms with Crippen molar-refractivity contribution in [3.05, 3.63) is 58.3 Å². The van der Waals surface area contributed by atoms with Crippen LogP contribution in [0.1, 0.15) is 29.7 Å². The second kappa shape index (κ2) is 14.5. The molecule has 0 aliphatic carbocycles. The van der Waals surface area contributed by atoms with Crippen LogP contribution in [0.2, 0.25) is 5.02 Å². The second-order valence-corrected chi connectivity index (χ2v) is 11.8. The van der Waals surface area contributed by atoms with Gasteiger partial charge in [-0.1, -0.05) is 23.7 Å². The van der Waals surface area contributed by atoms with Gasteiger partial charge in [0.2, 0.25) is 11.8 Å². The van der Waals surface area contributed by atoms with Gasteiger partial charge in [0.25, 0.3) is 0 Å². The van der Waals surface area contributed by atoms with E-state index in [1.165, 1.54) is 11.8 Å². The first-order valence-electron chi connectivity index (χ1n) is 14.6. The molecule has 1 N–H and O–H groups in total. The van der Waals surface area contributed by atoms with Crippen molar-refractivity contribution in [2.24, 2.45) is 0 Å². The van der Waals surface area contributed by atoms with Gasteiger partial charge in [-0.15, -0.1) is 0 Å². The summed E-state index contributed by atoms with van der Waals surface area (Å²) in [5.74, 6) is -0.727. The maximum Gasteiger partial charge on any atom is 0.417 e. The lowest BCUT2D eigenvalue weighted by Gasteiger charge is -2.39. The number of alkyl halides is 3. The molecule has 1 fully saturated rings. The molecule has 4 rings (SSSR count). The lowest BCUT2D eigenvalue weighted by Crippen LogP contribution is -2.54. The number of ether oxygens (including phenoxy) is 1. The van der Waals surface area contributed by atoms with Crippen molar-refractivity contribution in [1.29, 1.82) is 5.26 Å². The number of nitrogens with zero attached hydrogens (tertiary/aromatic N) is 6. The van der Waals surface area contributed by atoms with Gasteiger partial charge in [-0.25, -0.2) is 4.98 Å². The van der Waals surface area contributed by atoms with Crippen molar-refractivity contribution in [2.75, 3.05) is 75.6 Å². The Kier molecular flexibility index (Phi) is 11.0. The molecule has 14 heteroatoms. The van der Waals surface area contributed by atoms with E-state index in [4.69, 9.17) is 16.3 Å². The van der Waals surface area contributed by atoms with Crippen LogP contribution in [-0.2, 0) is 20.5 Å². The number of aryl methyl sites for hydroxylation is 1. The van der Waals surface area contributed by atoms with Crippen molar-refractivity contribution in [2.45, 2.75) is 38.1 Å². The molecule has 0 radical (unpaired) electrons. The number of rotatable bonds is 10. The summed E-state index contributed by atoms with van der Waals surface area (Å²) in [5.41, 5.74) is -0.490. The zero-order valence-electron chi connectivity index (χ0n) is 25.7. The molecular formula is C31H37ClF3N7O3. The number of nitriles is 1. The number of nitrogens with one attached hydrogen (secondary N) is 1. The number of carbonyl (C=O) groups is 2. The van der Waals surface area contributed by atoms with Gasteiger partial charge in [-0.05, 0) is 52.1 Å². The summed E-state index contributed by atoms with van der Waals surface area (Å²) in [7, 11) is 5.44. The van der Waals surface area contributed by atoms with E-state index in [1.807, 2.05) is 30.0 Å². The van der Waals surface area contributed by atoms with Crippen molar-refractivity contribution < 1.29 is 27.5 Å². The molecule has 1 saturated heterocycles. The number of amides is 2. The fourth-order valence-corrected chi connectivity index (χ4v) is 5.58. The van der Waals surface area contributed by atoms with Crippen molar-refractivity contribution >= 4 is 40.6 Å². The van der Waals surface area contributed by atoms with Gasteiger partial charge in [-0.3, -0.25) is 9.59 Å². The predicted molar refractivity (Wildman–Crippen MR) is 166 cm³/mol. The summed E-state index contributed by atoms with van der Waals surface area (Å²) in [5, 5.41) is 12.9. The number of benzene rings is 1. The van der Waals surface area contributed by atoms with Gasteiger partial charge in [0.05, 0.1) is 28.1 Å². The average molecular weight is 648 g/mol. The normalized spacial score (nSPS) is 17.6. The molecular weight excluding hydrogens is 611 g/mol. The molecule has 2 aliphatic rings. The molecule has 0 saturated carbocycles. The molecule has 1 atom stereocenters. The van der Waals surface area contributed by atoms with Crippen LogP contribution in [0.5, 0.6) is 0 Å². The quantitative estimate of drug-likeness (QED) is 0.300. The number of fused-ring (bicyclic) bond motifs is 1. The zero-order valence-corrected chi connectivity index (χ0v) is 26.5. The predicted octanol–water partition coefficient (Wildman–Crippen LogP) is 4.32. The molecule has 1 aromatic carbocycles. The minimum Gasteiger partial charge on any atom is -0.374 e. The molecule has 1 unspecified atom stereocenters. The van der Waals surface area contributed by atoms with E-state index < -0.39 is 29.3 Å². The van der Waals surface area contributed by atoms with Crippen molar-refractivity contribution in [3.63, 3.8) is 0 Å². The van der Waals surface area contributed by atoms with Gasteiger partial charge in [0, 0.05) is 58.1 Å². The third-order valence-corrected chi connectivity index (χ3v) is 7.96. The molecule has 10 nitrogen and oxygen atoms in total. The lowest BCUT2D eigenvalue weighted by molar-refractivity contribution is -0.139. The molecule has 2 aliphatic heterocycles. The summed E-state index contributed by atoms with van der Waals surface area (Å²) < 4.78 is 47.1. The first-order chi connectivity index (χ1) is 21.3. The highest BCUT2D eigenvalue weighted by atomic mass is 35.5. The van der Waals surface area contributed by atoms with E-state index in [-0.39, 0.29) is 29.9 Å². The fraction of sp³-hybridized carbons (Fsp3) is 0.484. The van der Waals surface area contributed by atoms with Crippen LogP contribution in [0.3, 0.4) is 0 Å². The Hall–Kier alpha value is -3.86. The Balaban J connectivity index is 1.43. The SMILES string of the molecule is Cc1cc(C(F)(F)F)c(C#N)c(NC2CCN(CCCOC3CN(C(=O)C=CCN(C)C)C3)c3c(Cl)cccc3N(C)C2=O)n1. The van der Waals surface area contributed by atoms with E-state index in [9.17, 15) is 28.0 Å². The number of hydrogen-bond donors (Lipinski definition) is 1. The topological polar surface area (TPSA) is 105 Å². The molecule has 0 spiro atoms. The number of carbonyl (C=O) groups excluding carboxylic acids is 2. The van der Waals surface area contributed by atoms with Gasteiger partial charge < -0.3 is 29.7 Å². The standard InChI is InChI=1S/C31H37ClF3N7O3/c1-20-16-23(31(33,34)35)22(17-36)29(37-20)38-25-11-14-41(28-24(32)8-5-9-26(28)40(4)30(25)44)13-7-15-45-21-18-42(19-21)27(43)10-6-12-39(2)3/h5-6,8-10,16,21,25H,7,11-15,18-19H2,1-4H3,(H,37,38). The molecule has 2 aromatic rings. The number of para-hydroxylation sites is 1. The summed E-state index contributed by atoms with van der Waals surface area (Å²) >= 11 is 6.63. The first-order valence-corrected chi connectivity index (χ1v) is 15.0. The van der Waals surface area contributed by atoms with Gasteiger partial charge in [0.15, 0.2) is 0 Å². The Bertz CT molecular complexity index is 1470. The summed E-state index contributed by atoms with van der Waals surface area (Å²) in [6.07, 6.45) is -0.572. The number of likely N-dealkylation sites (tertiary alicyclic amines) is 1. The number of anilines is 3. The summed E-state index contributed by atoms with van der Waals surface area (Å²) in [4.78, 5) is 37.1. The second-order valence-electron chi connectivity index (χ2n) is 11.4. The summed E-state index contributed by atoms with van der Waals surface area (Å²) in [6.45, 7) is 4.45. The number of hydrogen-bond acceptors (Lipinski definition) is 8. The maximum absolute atomic E-state index is 13.7. The van der Waals surface area contributed by atoms with E-state index in [0.717, 1.165) is 6.07 Å². The minimum absolute atomic E-state index is 0.0391. The number of aromatic nitrogens is 1. The highest BCUT2D eigenvalue weighted by molar-refractivity contribution is 6.34. The largest absolute Gasteiger partial charge is 0.417 e. The smallest absolute Gasteiger partial charge is 0.374 e. The number of pyridine rings is 1. The van der Waals surface area contributed by atoms with Crippen molar-refractivity contribution in [3.8, 4) is 6.07 Å². The number of likely N-dealkylation sites (N-methyl/N-ethyl adjacent to an activating group) is 2. The van der Waals surface area contributed by atoms with Crippen LogP contribution in [0.15, 0.2) is 36.4 Å². The molecule has 2 amide bonds. The van der Waals surface area contributed by atoms with Crippen LogP contribution < -0.4 is 15.1 Å². The molecule has 242 valence electrons. The van der Waals surface area contributed by atoms with Crippen LogP contribution in [-0.4, -0.2) is 99.2 Å². The fourth-order valence-electron chi connectivity index (χ4n) is 5.30. The van der Waals surface area contributed by atoms with Crippen molar-refractivity contribution in [1.82, 2.24) is 14.8 Å². The Labute approximate surface area is 266 Å². The van der Waals surface area contributed by atoms with E-state index in [1.54, 1.807) is 42.3 Å². The minimum atomic E-state index is -4.76. The maximum atomic E-state index is 13.7. The first kappa shape index (κ1) is 34.0. The zero-order chi connectivity index (χ0) is 32.9. The van der Waals surface area contributed by atoms with E-state index in [2.05, 4.69) is 10.3 Å². The average Bonchev–Trinajstić information content (AvgIpc) is 2.94. The van der Waals surface area contributed by atoms with Crippen LogP contribution in [0.25, 0.3) is 0 Å². The molecule has 0 bridgehead atoms. The Morgan fingerprint density at radius 2 is 2.04 bits per heavy atom. The third-order valence-electron chi connectivity index (χ3n) is 7.65. The molecule has 45 heavy (non-hydrogen) atoms. The lowest BCUT2D eigenvalue weighted by atomic mass is 10.0. The Morgan fingerprint density at radius 3 is 2.71 bits per heavy atom. The highest BCUT2D eigenvalue weighted by Gasteiger charge is 2.37. The van der Waals surface area contributed by atoms with Crippen LogP contribution in [0, 0.1) is 18.3 Å². The van der Waals surface area contributed by atoms with E-state index >= 15 is 0 Å². The van der Waals surface area contributed by atoms with Gasteiger partial charge in [-0.2, -0.15) is 18.4 Å². The van der Waals surface area contributed by atoms with Gasteiger partial charge in [0.1, 0.15) is 23.5 Å². The van der Waals surface area contributed by atoms with Crippen LogP contribution >= 0.6 is 11.6 Å². The summed E-state index contributed by atoms with van der Waals surface area (Å²) in [6, 6.07) is 6.68. The Morgan fingerprint density at radius 1 is 1.31 bits per heavy atom. The highest BCUT2D eigenvalue weighted by Crippen LogP contribution is 2.39. The third kappa shape index (κ3) is 8.25. The molecule has 3 heterocycles. The number of halogens is 4. The van der Waals surface area contributed by atoms with Gasteiger partial charge >= 0.3 is 6.18 Å². The monoisotopic (exact) mass is 647 g/mol. The molecule has 1 aromatic heterocycles.